The van der Waals surface area contributed by atoms with Crippen molar-refractivity contribution in [1.29, 1.82) is 0 Å². The summed E-state index contributed by atoms with van der Waals surface area (Å²) < 4.78 is 2.86. The number of carbonyl (C=O) groups excluding carboxylic acids is 1. The predicted molar refractivity (Wildman–Crippen MR) is 76.5 cm³/mol. The quantitative estimate of drug-likeness (QED) is 0.802. The van der Waals surface area contributed by atoms with Crippen molar-refractivity contribution in [2.75, 3.05) is 0 Å². The van der Waals surface area contributed by atoms with E-state index in [-0.39, 0.29) is 11.8 Å². The zero-order valence-corrected chi connectivity index (χ0v) is 12.8. The molecule has 1 atom stereocenters. The van der Waals surface area contributed by atoms with E-state index >= 15 is 0 Å². The fourth-order valence-corrected chi connectivity index (χ4v) is 2.31. The van der Waals surface area contributed by atoms with Gasteiger partial charge in [-0.25, -0.2) is 0 Å². The van der Waals surface area contributed by atoms with Gasteiger partial charge in [-0.2, -0.15) is 5.10 Å². The van der Waals surface area contributed by atoms with Gasteiger partial charge in [0.2, 0.25) is 5.91 Å². The number of aryl methyl sites for hydroxylation is 1. The van der Waals surface area contributed by atoms with E-state index in [9.17, 15) is 4.79 Å². The maximum Gasteiger partial charge on any atom is 0.223 e. The summed E-state index contributed by atoms with van der Waals surface area (Å²) in [5.74, 6) is 0.219. The topological polar surface area (TPSA) is 46.9 Å². The minimum Gasteiger partial charge on any atom is -0.350 e. The fourth-order valence-electron chi connectivity index (χ4n) is 1.61. The molecular formula is C12H20IN3O. The number of nitrogens with one attached hydrogen (secondary N) is 1. The van der Waals surface area contributed by atoms with Crippen LogP contribution in [0.15, 0.2) is 6.20 Å². The predicted octanol–water partition coefficient (Wildman–Crippen LogP) is 2.47. The highest BCUT2D eigenvalue weighted by Crippen LogP contribution is 2.11. The first-order valence-electron chi connectivity index (χ1n) is 6.00. The first kappa shape index (κ1) is 14.5. The molecule has 1 aromatic rings. The number of aromatic nitrogens is 2. The first-order chi connectivity index (χ1) is 8.04. The molecule has 0 saturated heterocycles. The molecule has 0 spiro atoms. The summed E-state index contributed by atoms with van der Waals surface area (Å²) in [6.07, 6.45) is 5.15. The zero-order chi connectivity index (χ0) is 12.8. The largest absolute Gasteiger partial charge is 0.350 e. The molecule has 4 nitrogen and oxygen atoms in total. The van der Waals surface area contributed by atoms with Crippen molar-refractivity contribution < 1.29 is 4.79 Å². The Kier molecular flexibility index (Phi) is 5.94. The summed E-state index contributed by atoms with van der Waals surface area (Å²) in [6.45, 7) is 4.64. The minimum atomic E-state index is 0.0938. The summed E-state index contributed by atoms with van der Waals surface area (Å²) in [5.41, 5.74) is 0.934. The van der Waals surface area contributed by atoms with Crippen LogP contribution in [0.4, 0.5) is 0 Å². The van der Waals surface area contributed by atoms with Gasteiger partial charge in [0.05, 0.1) is 15.8 Å². The Morgan fingerprint density at radius 2 is 2.35 bits per heavy atom. The smallest absolute Gasteiger partial charge is 0.223 e. The third-order valence-electron chi connectivity index (χ3n) is 2.72. The molecule has 1 amide bonds. The molecule has 96 valence electrons. The zero-order valence-electron chi connectivity index (χ0n) is 10.7. The molecule has 0 fully saturated rings. The van der Waals surface area contributed by atoms with Crippen LogP contribution in [0.2, 0.25) is 0 Å². The van der Waals surface area contributed by atoms with Crippen LogP contribution < -0.4 is 5.32 Å². The van der Waals surface area contributed by atoms with Crippen molar-refractivity contribution in [2.45, 2.75) is 39.7 Å². The fraction of sp³-hybridized carbons (Fsp3) is 0.667. The average molecular weight is 349 g/mol. The molecule has 0 unspecified atom stereocenters. The summed E-state index contributed by atoms with van der Waals surface area (Å²) in [5, 5.41) is 7.24. The molecule has 0 aliphatic heterocycles. The average Bonchev–Trinajstić information content (AvgIpc) is 2.61. The standard InChI is InChI=1S/C12H20IN3O/c1-4-5-6-9(2)12(17)14-7-11-10(13)8-16(3)15-11/h8-9H,4-7H2,1-3H3,(H,14,17)/t9-/m1/s1. The summed E-state index contributed by atoms with van der Waals surface area (Å²) >= 11 is 2.23. The van der Waals surface area contributed by atoms with E-state index in [0.29, 0.717) is 6.54 Å². The van der Waals surface area contributed by atoms with Gasteiger partial charge in [0.25, 0.3) is 0 Å². The summed E-state index contributed by atoms with van der Waals surface area (Å²) in [7, 11) is 1.89. The highest BCUT2D eigenvalue weighted by Gasteiger charge is 2.13. The van der Waals surface area contributed by atoms with Crippen LogP contribution in [0.5, 0.6) is 0 Å². The number of carbonyl (C=O) groups is 1. The monoisotopic (exact) mass is 349 g/mol. The van der Waals surface area contributed by atoms with E-state index in [2.05, 4.69) is 39.9 Å². The Balaban J connectivity index is 2.40. The van der Waals surface area contributed by atoms with Crippen LogP contribution in [0, 0.1) is 9.49 Å². The van der Waals surface area contributed by atoms with Crippen molar-refractivity contribution in [1.82, 2.24) is 15.1 Å². The molecule has 0 bridgehead atoms. The van der Waals surface area contributed by atoms with Gasteiger partial charge in [-0.15, -0.1) is 0 Å². The van der Waals surface area contributed by atoms with E-state index < -0.39 is 0 Å². The van der Waals surface area contributed by atoms with Gasteiger partial charge in [0.15, 0.2) is 0 Å². The van der Waals surface area contributed by atoms with Crippen molar-refractivity contribution in [2.24, 2.45) is 13.0 Å². The van der Waals surface area contributed by atoms with Gasteiger partial charge in [0, 0.05) is 19.2 Å². The van der Waals surface area contributed by atoms with Crippen molar-refractivity contribution in [3.05, 3.63) is 15.5 Å². The number of halogens is 1. The Bertz CT molecular complexity index is 376. The van der Waals surface area contributed by atoms with Crippen LogP contribution in [0.1, 0.15) is 38.8 Å². The molecule has 0 saturated carbocycles. The van der Waals surface area contributed by atoms with Gasteiger partial charge in [-0.05, 0) is 29.0 Å². The Hall–Kier alpha value is -0.590. The Labute approximate surface area is 116 Å². The van der Waals surface area contributed by atoms with E-state index in [1.54, 1.807) is 4.68 Å². The summed E-state index contributed by atoms with van der Waals surface area (Å²) in [6, 6.07) is 0. The number of hydrogen-bond donors (Lipinski definition) is 1. The number of amides is 1. The number of nitrogens with zero attached hydrogens (tertiary/aromatic N) is 2. The Morgan fingerprint density at radius 1 is 1.65 bits per heavy atom. The van der Waals surface area contributed by atoms with Gasteiger partial charge in [-0.1, -0.05) is 26.7 Å². The van der Waals surface area contributed by atoms with Crippen LogP contribution in [-0.4, -0.2) is 15.7 Å². The van der Waals surface area contributed by atoms with E-state index in [0.717, 1.165) is 28.5 Å². The third kappa shape index (κ3) is 4.65. The van der Waals surface area contributed by atoms with Crippen LogP contribution in [0.3, 0.4) is 0 Å². The normalized spacial score (nSPS) is 12.5. The first-order valence-corrected chi connectivity index (χ1v) is 7.08. The van der Waals surface area contributed by atoms with Crippen LogP contribution >= 0.6 is 22.6 Å². The second-order valence-electron chi connectivity index (χ2n) is 4.36. The van der Waals surface area contributed by atoms with E-state index in [1.165, 1.54) is 0 Å². The van der Waals surface area contributed by atoms with Crippen LogP contribution in [0.25, 0.3) is 0 Å². The van der Waals surface area contributed by atoms with Gasteiger partial charge >= 0.3 is 0 Å². The van der Waals surface area contributed by atoms with E-state index in [4.69, 9.17) is 0 Å². The molecule has 1 rings (SSSR count). The Morgan fingerprint density at radius 3 is 2.88 bits per heavy atom. The maximum absolute atomic E-state index is 11.8. The lowest BCUT2D eigenvalue weighted by Gasteiger charge is -2.10. The third-order valence-corrected chi connectivity index (χ3v) is 3.62. The highest BCUT2D eigenvalue weighted by molar-refractivity contribution is 14.1. The molecule has 1 aromatic heterocycles. The lowest BCUT2D eigenvalue weighted by Crippen LogP contribution is -2.29. The molecule has 0 aliphatic rings. The number of hydrogen-bond acceptors (Lipinski definition) is 2. The minimum absolute atomic E-state index is 0.0938. The van der Waals surface area contributed by atoms with Gasteiger partial charge in [-0.3, -0.25) is 9.48 Å². The molecule has 1 N–H and O–H groups in total. The van der Waals surface area contributed by atoms with E-state index in [1.807, 2.05) is 20.2 Å². The van der Waals surface area contributed by atoms with Crippen molar-refractivity contribution >= 4 is 28.5 Å². The molecule has 5 heteroatoms. The molecule has 0 aliphatic carbocycles. The molecule has 0 radical (unpaired) electrons. The lowest BCUT2D eigenvalue weighted by atomic mass is 10.0. The molecule has 17 heavy (non-hydrogen) atoms. The lowest BCUT2D eigenvalue weighted by molar-refractivity contribution is -0.124. The molecule has 0 aromatic carbocycles. The van der Waals surface area contributed by atoms with Crippen molar-refractivity contribution in [3.63, 3.8) is 0 Å². The second kappa shape index (κ2) is 6.98. The highest BCUT2D eigenvalue weighted by atomic mass is 127. The van der Waals surface area contributed by atoms with Crippen LogP contribution in [-0.2, 0) is 18.4 Å². The molecular weight excluding hydrogens is 329 g/mol. The second-order valence-corrected chi connectivity index (χ2v) is 5.52. The number of unbranched alkanes of at least 4 members (excludes halogenated alkanes) is 1. The maximum atomic E-state index is 11.8. The van der Waals surface area contributed by atoms with Gasteiger partial charge in [0.1, 0.15) is 0 Å². The van der Waals surface area contributed by atoms with Crippen molar-refractivity contribution in [3.8, 4) is 0 Å². The SMILES string of the molecule is CCCC[C@@H](C)C(=O)NCc1nn(C)cc1I. The number of rotatable bonds is 6. The van der Waals surface area contributed by atoms with Gasteiger partial charge < -0.3 is 5.32 Å². The molecule has 1 heterocycles. The summed E-state index contributed by atoms with van der Waals surface area (Å²) in [4.78, 5) is 11.8.